The first kappa shape index (κ1) is 12.4. The lowest BCUT2D eigenvalue weighted by Gasteiger charge is -2.35. The van der Waals surface area contributed by atoms with E-state index in [0.29, 0.717) is 12.8 Å². The van der Waals surface area contributed by atoms with Gasteiger partial charge in [-0.05, 0) is 25.8 Å². The van der Waals surface area contributed by atoms with Gasteiger partial charge in [-0.25, -0.2) is 0 Å². The SMILES string of the molecule is C#CC(NC)C1CCCCC1C(F)(F)F. The Labute approximate surface area is 88.4 Å². The van der Waals surface area contributed by atoms with Gasteiger partial charge in [0.15, 0.2) is 0 Å². The van der Waals surface area contributed by atoms with Gasteiger partial charge < -0.3 is 5.32 Å². The van der Waals surface area contributed by atoms with Crippen LogP contribution in [0.2, 0.25) is 0 Å². The van der Waals surface area contributed by atoms with E-state index in [4.69, 9.17) is 6.42 Å². The highest BCUT2D eigenvalue weighted by molar-refractivity contribution is 5.04. The molecule has 86 valence electrons. The predicted octanol–water partition coefficient (Wildman–Crippen LogP) is 2.58. The summed E-state index contributed by atoms with van der Waals surface area (Å²) in [6.07, 6.45) is 3.41. The van der Waals surface area contributed by atoms with Gasteiger partial charge in [0, 0.05) is 0 Å². The Balaban J connectivity index is 2.79. The molecular weight excluding hydrogens is 203 g/mol. The van der Waals surface area contributed by atoms with E-state index in [1.165, 1.54) is 0 Å². The van der Waals surface area contributed by atoms with Gasteiger partial charge in [-0.2, -0.15) is 13.2 Å². The smallest absolute Gasteiger partial charge is 0.307 e. The van der Waals surface area contributed by atoms with Crippen molar-refractivity contribution in [2.75, 3.05) is 7.05 Å². The van der Waals surface area contributed by atoms with E-state index < -0.39 is 24.1 Å². The topological polar surface area (TPSA) is 12.0 Å². The third-order valence-corrected chi connectivity index (χ3v) is 3.16. The van der Waals surface area contributed by atoms with Gasteiger partial charge in [-0.3, -0.25) is 0 Å². The van der Waals surface area contributed by atoms with E-state index in [0.717, 1.165) is 6.42 Å². The molecule has 3 atom stereocenters. The van der Waals surface area contributed by atoms with Crippen LogP contribution in [0.4, 0.5) is 13.2 Å². The first-order chi connectivity index (χ1) is 7.00. The lowest BCUT2D eigenvalue weighted by Crippen LogP contribution is -2.43. The van der Waals surface area contributed by atoms with Crippen molar-refractivity contribution < 1.29 is 13.2 Å². The second-order valence-corrected chi connectivity index (χ2v) is 4.03. The maximum atomic E-state index is 12.7. The highest BCUT2D eigenvalue weighted by Crippen LogP contribution is 2.42. The zero-order valence-corrected chi connectivity index (χ0v) is 8.77. The number of halogens is 3. The summed E-state index contributed by atoms with van der Waals surface area (Å²) in [5, 5.41) is 2.79. The molecule has 0 radical (unpaired) electrons. The Kier molecular flexibility index (Phi) is 4.04. The highest BCUT2D eigenvalue weighted by Gasteiger charge is 2.47. The van der Waals surface area contributed by atoms with Gasteiger partial charge >= 0.3 is 6.18 Å². The number of hydrogen-bond acceptors (Lipinski definition) is 1. The molecule has 3 unspecified atom stereocenters. The summed E-state index contributed by atoms with van der Waals surface area (Å²) in [7, 11) is 1.62. The van der Waals surface area contributed by atoms with Crippen LogP contribution in [0, 0.1) is 24.2 Å². The van der Waals surface area contributed by atoms with Gasteiger partial charge in [0.1, 0.15) is 0 Å². The molecule has 0 aromatic carbocycles. The van der Waals surface area contributed by atoms with Crippen molar-refractivity contribution in [2.24, 2.45) is 11.8 Å². The van der Waals surface area contributed by atoms with Crippen LogP contribution < -0.4 is 5.32 Å². The summed E-state index contributed by atoms with van der Waals surface area (Å²) in [4.78, 5) is 0. The van der Waals surface area contributed by atoms with Crippen LogP contribution in [0.3, 0.4) is 0 Å². The molecule has 0 spiro atoms. The van der Waals surface area contributed by atoms with E-state index >= 15 is 0 Å². The maximum Gasteiger partial charge on any atom is 0.392 e. The second kappa shape index (κ2) is 4.89. The molecule has 0 aromatic heterocycles. The van der Waals surface area contributed by atoms with Gasteiger partial charge in [-0.15, -0.1) is 6.42 Å². The predicted molar refractivity (Wildman–Crippen MR) is 53.2 cm³/mol. The Bertz CT molecular complexity index is 241. The molecule has 1 fully saturated rings. The van der Waals surface area contributed by atoms with Crippen molar-refractivity contribution in [3.05, 3.63) is 0 Å². The molecule has 1 nitrogen and oxygen atoms in total. The molecule has 1 rings (SSSR count). The molecule has 0 aliphatic heterocycles. The first-order valence-corrected chi connectivity index (χ1v) is 5.20. The summed E-state index contributed by atoms with van der Waals surface area (Å²) in [6, 6.07) is -0.461. The van der Waals surface area contributed by atoms with E-state index in [-0.39, 0.29) is 6.42 Å². The fraction of sp³-hybridized carbons (Fsp3) is 0.818. The summed E-state index contributed by atoms with van der Waals surface area (Å²) >= 11 is 0. The number of nitrogens with one attached hydrogen (secondary N) is 1. The average molecular weight is 219 g/mol. The standard InChI is InChI=1S/C11H16F3N/c1-3-10(15-2)8-6-4-5-7-9(8)11(12,13)14/h1,8-10,15H,4-7H2,2H3. The van der Waals surface area contributed by atoms with Gasteiger partial charge in [0.25, 0.3) is 0 Å². The summed E-state index contributed by atoms with van der Waals surface area (Å²) < 4.78 is 38.2. The monoisotopic (exact) mass is 219 g/mol. The average Bonchev–Trinajstić information content (AvgIpc) is 2.19. The Hall–Kier alpha value is -0.690. The highest BCUT2D eigenvalue weighted by atomic mass is 19.4. The van der Waals surface area contributed by atoms with E-state index in [9.17, 15) is 13.2 Å². The normalized spacial score (nSPS) is 29.5. The molecule has 1 saturated carbocycles. The molecular formula is C11H16F3N. The van der Waals surface area contributed by atoms with Crippen molar-refractivity contribution in [1.82, 2.24) is 5.32 Å². The Morgan fingerprint density at radius 2 is 1.93 bits per heavy atom. The van der Waals surface area contributed by atoms with Crippen LogP contribution >= 0.6 is 0 Å². The van der Waals surface area contributed by atoms with Crippen molar-refractivity contribution in [2.45, 2.75) is 37.9 Å². The fourth-order valence-corrected chi connectivity index (χ4v) is 2.39. The molecule has 1 N–H and O–H groups in total. The van der Waals surface area contributed by atoms with Crippen LogP contribution in [0.5, 0.6) is 0 Å². The third kappa shape index (κ3) is 2.88. The Morgan fingerprint density at radius 3 is 2.40 bits per heavy atom. The first-order valence-electron chi connectivity index (χ1n) is 5.20. The van der Waals surface area contributed by atoms with Crippen LogP contribution in [0.1, 0.15) is 25.7 Å². The number of rotatable bonds is 2. The molecule has 4 heteroatoms. The van der Waals surface area contributed by atoms with Gasteiger partial charge in [0.05, 0.1) is 12.0 Å². The summed E-state index contributed by atoms with van der Waals surface area (Å²) in [5.74, 6) is 0.712. The van der Waals surface area contributed by atoms with E-state index in [1.807, 2.05) is 0 Å². The molecule has 0 amide bonds. The number of hydrogen-bond donors (Lipinski definition) is 1. The molecule has 1 aliphatic rings. The van der Waals surface area contributed by atoms with Crippen LogP contribution in [-0.4, -0.2) is 19.3 Å². The molecule has 0 bridgehead atoms. The third-order valence-electron chi connectivity index (χ3n) is 3.16. The zero-order chi connectivity index (χ0) is 11.5. The van der Waals surface area contributed by atoms with Crippen molar-refractivity contribution >= 4 is 0 Å². The maximum absolute atomic E-state index is 12.7. The molecule has 0 aromatic rings. The van der Waals surface area contributed by atoms with Crippen molar-refractivity contribution in [1.29, 1.82) is 0 Å². The van der Waals surface area contributed by atoms with E-state index in [1.54, 1.807) is 7.05 Å². The summed E-state index contributed by atoms with van der Waals surface area (Å²) in [5.41, 5.74) is 0. The minimum atomic E-state index is -4.11. The van der Waals surface area contributed by atoms with Crippen LogP contribution in [0.25, 0.3) is 0 Å². The van der Waals surface area contributed by atoms with Crippen LogP contribution in [0.15, 0.2) is 0 Å². The van der Waals surface area contributed by atoms with Crippen LogP contribution in [-0.2, 0) is 0 Å². The largest absolute Gasteiger partial charge is 0.392 e. The molecule has 0 heterocycles. The lowest BCUT2D eigenvalue weighted by molar-refractivity contribution is -0.197. The second-order valence-electron chi connectivity index (χ2n) is 4.03. The quantitative estimate of drug-likeness (QED) is 0.704. The van der Waals surface area contributed by atoms with E-state index in [2.05, 4.69) is 11.2 Å². The van der Waals surface area contributed by atoms with Gasteiger partial charge in [-0.1, -0.05) is 18.8 Å². The van der Waals surface area contributed by atoms with Crippen molar-refractivity contribution in [3.8, 4) is 12.3 Å². The molecule has 15 heavy (non-hydrogen) atoms. The fourth-order valence-electron chi connectivity index (χ4n) is 2.39. The Morgan fingerprint density at radius 1 is 1.33 bits per heavy atom. The number of terminal acetylenes is 1. The minimum absolute atomic E-state index is 0.216. The minimum Gasteiger partial charge on any atom is -0.307 e. The molecule has 1 aliphatic carbocycles. The molecule has 0 saturated heterocycles. The number of alkyl halides is 3. The van der Waals surface area contributed by atoms with Crippen molar-refractivity contribution in [3.63, 3.8) is 0 Å². The van der Waals surface area contributed by atoms with Gasteiger partial charge in [0.2, 0.25) is 0 Å². The lowest BCUT2D eigenvalue weighted by atomic mass is 9.75. The zero-order valence-electron chi connectivity index (χ0n) is 8.77. The summed E-state index contributed by atoms with van der Waals surface area (Å²) in [6.45, 7) is 0.